The number of carboxylic acid groups (broad SMARTS) is 1. The number of aliphatic carboxylic acids is 1. The van der Waals surface area contributed by atoms with Crippen LogP contribution < -0.4 is 0 Å². The Morgan fingerprint density at radius 3 is 2.08 bits per heavy atom. The van der Waals surface area contributed by atoms with E-state index in [2.05, 4.69) is 0 Å². The van der Waals surface area contributed by atoms with E-state index < -0.39 is 27.3 Å². The third kappa shape index (κ3) is 3.31. The van der Waals surface area contributed by atoms with Gasteiger partial charge in [-0.2, -0.15) is 0 Å². The van der Waals surface area contributed by atoms with Crippen LogP contribution in [0.5, 0.6) is 0 Å². The number of rotatable bonds is 5. The molecule has 0 bridgehead atoms. The Morgan fingerprint density at radius 2 is 1.62 bits per heavy atom. The average Bonchev–Trinajstić information content (AvgIpc) is 3.08. The second-order valence-electron chi connectivity index (χ2n) is 6.70. The fourth-order valence-electron chi connectivity index (χ4n) is 2.77. The highest BCUT2D eigenvalue weighted by Gasteiger charge is 2.36. The summed E-state index contributed by atoms with van der Waals surface area (Å²) in [5, 5.41) is 8.87. The fourth-order valence-corrected chi connectivity index (χ4v) is 4.62. The first kappa shape index (κ1) is 18.4. The van der Waals surface area contributed by atoms with Crippen LogP contribution in [-0.2, 0) is 14.6 Å². The lowest BCUT2D eigenvalue weighted by atomic mass is 10.0. The van der Waals surface area contributed by atoms with E-state index in [4.69, 9.17) is 0 Å². The minimum atomic E-state index is -3.36. The number of hydrogen-bond acceptors (Lipinski definition) is 4. The smallest absolute Gasteiger partial charge is 0.329 e. The SMILES string of the molecule is CN(C(=O)c1ccc(S(=O)(=O)C2CCCC2)cc1)C(C)(C)C(=O)O. The Hall–Kier alpha value is -1.89. The molecule has 2 rings (SSSR count). The van der Waals surface area contributed by atoms with Gasteiger partial charge in [-0.1, -0.05) is 12.8 Å². The van der Waals surface area contributed by atoms with Crippen LogP contribution in [0.25, 0.3) is 0 Å². The van der Waals surface area contributed by atoms with E-state index in [0.717, 1.165) is 17.7 Å². The zero-order valence-electron chi connectivity index (χ0n) is 14.2. The van der Waals surface area contributed by atoms with Crippen LogP contribution >= 0.6 is 0 Å². The highest BCUT2D eigenvalue weighted by molar-refractivity contribution is 7.92. The molecule has 24 heavy (non-hydrogen) atoms. The van der Waals surface area contributed by atoms with Crippen molar-refractivity contribution >= 4 is 21.7 Å². The Labute approximate surface area is 142 Å². The van der Waals surface area contributed by atoms with Crippen LogP contribution in [0.3, 0.4) is 0 Å². The van der Waals surface area contributed by atoms with Crippen molar-refractivity contribution in [1.82, 2.24) is 4.90 Å². The first-order valence-corrected chi connectivity index (χ1v) is 9.48. The van der Waals surface area contributed by atoms with E-state index in [9.17, 15) is 23.1 Å². The number of nitrogens with zero attached hydrogens (tertiary/aromatic N) is 1. The molecule has 1 saturated carbocycles. The van der Waals surface area contributed by atoms with E-state index in [1.54, 1.807) is 0 Å². The van der Waals surface area contributed by atoms with Gasteiger partial charge in [0.15, 0.2) is 9.84 Å². The van der Waals surface area contributed by atoms with E-state index in [1.807, 2.05) is 0 Å². The maximum Gasteiger partial charge on any atom is 0.329 e. The second kappa shape index (κ2) is 6.55. The van der Waals surface area contributed by atoms with Crippen molar-refractivity contribution in [1.29, 1.82) is 0 Å². The van der Waals surface area contributed by atoms with Crippen LogP contribution in [-0.4, -0.2) is 48.1 Å². The van der Waals surface area contributed by atoms with Gasteiger partial charge < -0.3 is 10.0 Å². The van der Waals surface area contributed by atoms with Gasteiger partial charge in [0.05, 0.1) is 10.1 Å². The van der Waals surface area contributed by atoms with Gasteiger partial charge in [0.1, 0.15) is 5.54 Å². The van der Waals surface area contributed by atoms with Crippen molar-refractivity contribution < 1.29 is 23.1 Å². The Bertz CT molecular complexity index is 731. The molecular weight excluding hydrogens is 330 g/mol. The average molecular weight is 353 g/mol. The predicted octanol–water partition coefficient (Wildman–Crippen LogP) is 2.34. The van der Waals surface area contributed by atoms with Crippen LogP contribution in [0.4, 0.5) is 0 Å². The van der Waals surface area contributed by atoms with Gasteiger partial charge in [0.2, 0.25) is 0 Å². The van der Waals surface area contributed by atoms with Crippen molar-refractivity contribution in [2.24, 2.45) is 0 Å². The van der Waals surface area contributed by atoms with Crippen molar-refractivity contribution in [3.05, 3.63) is 29.8 Å². The molecule has 0 atom stereocenters. The maximum atomic E-state index is 12.5. The molecule has 0 radical (unpaired) electrons. The third-order valence-electron chi connectivity index (χ3n) is 4.84. The molecule has 0 aromatic heterocycles. The lowest BCUT2D eigenvalue weighted by Crippen LogP contribution is -2.50. The lowest BCUT2D eigenvalue weighted by molar-refractivity contribution is -0.147. The van der Waals surface area contributed by atoms with Crippen molar-refractivity contribution in [3.63, 3.8) is 0 Å². The van der Waals surface area contributed by atoms with Gasteiger partial charge in [-0.3, -0.25) is 4.79 Å². The number of carboxylic acids is 1. The number of benzene rings is 1. The normalized spacial score (nSPS) is 16.1. The molecule has 0 aliphatic heterocycles. The molecular formula is C17H23NO5S. The van der Waals surface area contributed by atoms with E-state index in [1.165, 1.54) is 45.2 Å². The second-order valence-corrected chi connectivity index (χ2v) is 8.93. The molecule has 1 aliphatic rings. The van der Waals surface area contributed by atoms with Gasteiger partial charge in [0.25, 0.3) is 5.91 Å². The summed E-state index contributed by atoms with van der Waals surface area (Å²) >= 11 is 0. The zero-order chi connectivity index (χ0) is 18.1. The van der Waals surface area contributed by atoms with Crippen molar-refractivity contribution in [2.45, 2.75) is 55.2 Å². The third-order valence-corrected chi connectivity index (χ3v) is 7.12. The number of sulfone groups is 1. The van der Waals surface area contributed by atoms with Crippen LogP contribution in [0, 0.1) is 0 Å². The van der Waals surface area contributed by atoms with Crippen molar-refractivity contribution in [3.8, 4) is 0 Å². The summed E-state index contributed by atoms with van der Waals surface area (Å²) in [4.78, 5) is 25.0. The highest BCUT2D eigenvalue weighted by atomic mass is 32.2. The number of carbonyl (C=O) groups is 2. The van der Waals surface area contributed by atoms with Gasteiger partial charge in [-0.05, 0) is 51.0 Å². The summed E-state index contributed by atoms with van der Waals surface area (Å²) in [6.45, 7) is 2.87. The number of amides is 1. The molecule has 1 aromatic carbocycles. The van der Waals surface area contributed by atoms with Crippen LogP contribution in [0.2, 0.25) is 0 Å². The summed E-state index contributed by atoms with van der Waals surface area (Å²) in [6.07, 6.45) is 3.21. The van der Waals surface area contributed by atoms with E-state index >= 15 is 0 Å². The number of likely N-dealkylation sites (N-methyl/N-ethyl adjacent to an activating group) is 1. The summed E-state index contributed by atoms with van der Waals surface area (Å²) in [7, 11) is -1.95. The quantitative estimate of drug-likeness (QED) is 0.877. The maximum absolute atomic E-state index is 12.5. The molecule has 1 aliphatic carbocycles. The molecule has 0 saturated heterocycles. The molecule has 1 amide bonds. The monoisotopic (exact) mass is 353 g/mol. The van der Waals surface area contributed by atoms with Gasteiger partial charge in [0, 0.05) is 12.6 Å². The number of carbonyl (C=O) groups excluding carboxylic acids is 1. The summed E-state index contributed by atoms with van der Waals surface area (Å²) in [5.74, 6) is -1.58. The molecule has 0 heterocycles. The Balaban J connectivity index is 2.23. The van der Waals surface area contributed by atoms with Gasteiger partial charge >= 0.3 is 5.97 Å². The summed E-state index contributed by atoms with van der Waals surface area (Å²) in [6, 6.07) is 5.75. The Kier molecular flexibility index (Phi) is 5.03. The predicted molar refractivity (Wildman–Crippen MR) is 89.7 cm³/mol. The van der Waals surface area contributed by atoms with Gasteiger partial charge in [-0.25, -0.2) is 13.2 Å². The number of hydrogen-bond donors (Lipinski definition) is 1. The molecule has 1 fully saturated rings. The highest BCUT2D eigenvalue weighted by Crippen LogP contribution is 2.29. The van der Waals surface area contributed by atoms with Crippen LogP contribution in [0.1, 0.15) is 49.9 Å². The molecule has 0 unspecified atom stereocenters. The summed E-state index contributed by atoms with van der Waals surface area (Å²) in [5.41, 5.74) is -1.09. The standard InChI is InChI=1S/C17H23NO5S/c1-17(2,16(20)21)18(3)15(19)12-8-10-14(11-9-12)24(22,23)13-6-4-5-7-13/h8-11,13H,4-7H2,1-3H3,(H,20,21). The van der Waals surface area contributed by atoms with Gasteiger partial charge in [-0.15, -0.1) is 0 Å². The van der Waals surface area contributed by atoms with E-state index in [0.29, 0.717) is 12.8 Å². The molecule has 7 heteroatoms. The minimum absolute atomic E-state index is 0.214. The fraction of sp³-hybridized carbons (Fsp3) is 0.529. The lowest BCUT2D eigenvalue weighted by Gasteiger charge is -2.31. The topological polar surface area (TPSA) is 91.8 Å². The molecule has 6 nitrogen and oxygen atoms in total. The first-order valence-electron chi connectivity index (χ1n) is 7.94. The first-order chi connectivity index (χ1) is 11.1. The van der Waals surface area contributed by atoms with E-state index in [-0.39, 0.29) is 15.7 Å². The minimum Gasteiger partial charge on any atom is -0.480 e. The molecule has 1 aromatic rings. The molecule has 1 N–H and O–H groups in total. The van der Waals surface area contributed by atoms with Crippen LogP contribution in [0.15, 0.2) is 29.2 Å². The molecule has 0 spiro atoms. The Morgan fingerprint density at radius 1 is 1.12 bits per heavy atom. The zero-order valence-corrected chi connectivity index (χ0v) is 15.0. The largest absolute Gasteiger partial charge is 0.480 e. The molecule has 132 valence electrons. The van der Waals surface area contributed by atoms with Crippen molar-refractivity contribution in [2.75, 3.05) is 7.05 Å². The summed E-state index contributed by atoms with van der Waals surface area (Å²) < 4.78 is 25.0.